The first-order chi connectivity index (χ1) is 13.0. The van der Waals surface area contributed by atoms with Gasteiger partial charge in [-0.2, -0.15) is 0 Å². The maximum atomic E-state index is 12.5. The van der Waals surface area contributed by atoms with Crippen LogP contribution in [0.4, 0.5) is 10.5 Å². The molecular formula is C20H24N2O5. The second-order valence-electron chi connectivity index (χ2n) is 5.68. The second-order valence-corrected chi connectivity index (χ2v) is 5.68. The zero-order valence-electron chi connectivity index (χ0n) is 15.7. The Morgan fingerprint density at radius 3 is 2.44 bits per heavy atom. The van der Waals surface area contributed by atoms with E-state index in [2.05, 4.69) is 5.32 Å². The lowest BCUT2D eigenvalue weighted by Crippen LogP contribution is -2.31. The van der Waals surface area contributed by atoms with Crippen molar-refractivity contribution in [2.24, 2.45) is 0 Å². The number of anilines is 1. The predicted octanol–water partition coefficient (Wildman–Crippen LogP) is 3.41. The highest BCUT2D eigenvalue weighted by molar-refractivity contribution is 5.96. The van der Waals surface area contributed by atoms with Crippen LogP contribution in [0.5, 0.6) is 11.5 Å². The van der Waals surface area contributed by atoms with Gasteiger partial charge in [0.15, 0.2) is 0 Å². The van der Waals surface area contributed by atoms with E-state index in [1.165, 1.54) is 0 Å². The van der Waals surface area contributed by atoms with Gasteiger partial charge in [-0.25, -0.2) is 4.79 Å². The Labute approximate surface area is 158 Å². The average molecular weight is 372 g/mol. The number of methoxy groups -OCH3 is 1. The second kappa shape index (κ2) is 10.1. The van der Waals surface area contributed by atoms with E-state index in [-0.39, 0.29) is 12.5 Å². The zero-order chi connectivity index (χ0) is 19.6. The zero-order valence-corrected chi connectivity index (χ0v) is 15.7. The van der Waals surface area contributed by atoms with Crippen LogP contribution < -0.4 is 14.8 Å². The Balaban J connectivity index is 1.87. The lowest BCUT2D eigenvalue weighted by Gasteiger charge is -2.18. The third-order valence-electron chi connectivity index (χ3n) is 3.73. The Morgan fingerprint density at radius 2 is 1.78 bits per heavy atom. The van der Waals surface area contributed by atoms with Crippen molar-refractivity contribution in [1.82, 2.24) is 4.90 Å². The van der Waals surface area contributed by atoms with Gasteiger partial charge in [0.05, 0.1) is 20.3 Å². The van der Waals surface area contributed by atoms with Gasteiger partial charge in [0.25, 0.3) is 5.91 Å². The van der Waals surface area contributed by atoms with Gasteiger partial charge in [-0.1, -0.05) is 6.07 Å². The summed E-state index contributed by atoms with van der Waals surface area (Å²) in [6.45, 7) is 2.78. The van der Waals surface area contributed by atoms with E-state index >= 15 is 0 Å². The number of hydrogen-bond donors (Lipinski definition) is 1. The first-order valence-electron chi connectivity index (χ1n) is 8.59. The summed E-state index contributed by atoms with van der Waals surface area (Å²) < 4.78 is 15.6. The summed E-state index contributed by atoms with van der Waals surface area (Å²) in [4.78, 5) is 25.6. The molecule has 27 heavy (non-hydrogen) atoms. The summed E-state index contributed by atoms with van der Waals surface area (Å²) in [5, 5.41) is 2.58. The number of nitrogens with one attached hydrogen (secondary N) is 1. The molecule has 0 saturated carbocycles. The smallest absolute Gasteiger partial charge is 0.411 e. The number of hydrogen-bond acceptors (Lipinski definition) is 5. The molecule has 0 saturated heterocycles. The molecule has 0 spiro atoms. The molecule has 2 rings (SSSR count). The van der Waals surface area contributed by atoms with Gasteiger partial charge in [0.2, 0.25) is 0 Å². The quantitative estimate of drug-likeness (QED) is 0.768. The van der Waals surface area contributed by atoms with Crippen molar-refractivity contribution in [2.75, 3.05) is 39.2 Å². The molecule has 0 unspecified atom stereocenters. The molecule has 2 amide bonds. The van der Waals surface area contributed by atoms with Gasteiger partial charge in [0.1, 0.15) is 18.1 Å². The number of benzene rings is 2. The Morgan fingerprint density at radius 1 is 1.07 bits per heavy atom. The average Bonchev–Trinajstić information content (AvgIpc) is 2.68. The van der Waals surface area contributed by atoms with Gasteiger partial charge in [-0.15, -0.1) is 0 Å². The van der Waals surface area contributed by atoms with Gasteiger partial charge in [-0.3, -0.25) is 10.1 Å². The fourth-order valence-corrected chi connectivity index (χ4v) is 2.31. The molecular weight excluding hydrogens is 348 g/mol. The molecule has 1 N–H and O–H groups in total. The topological polar surface area (TPSA) is 77.1 Å². The van der Waals surface area contributed by atoms with Gasteiger partial charge in [-0.05, 0) is 49.4 Å². The third kappa shape index (κ3) is 6.22. The van der Waals surface area contributed by atoms with Crippen molar-refractivity contribution >= 4 is 17.7 Å². The largest absolute Gasteiger partial charge is 0.497 e. The lowest BCUT2D eigenvalue weighted by molar-refractivity contribution is 0.0773. The summed E-state index contributed by atoms with van der Waals surface area (Å²) in [7, 11) is 3.30. The lowest BCUT2D eigenvalue weighted by atomic mass is 10.2. The van der Waals surface area contributed by atoms with Gasteiger partial charge in [0, 0.05) is 18.3 Å². The maximum Gasteiger partial charge on any atom is 0.411 e. The van der Waals surface area contributed by atoms with E-state index in [1.807, 2.05) is 24.3 Å². The van der Waals surface area contributed by atoms with Crippen molar-refractivity contribution in [3.05, 3.63) is 54.1 Å². The molecule has 144 valence electrons. The molecule has 0 radical (unpaired) electrons. The molecule has 0 aliphatic heterocycles. The van der Waals surface area contributed by atoms with E-state index in [4.69, 9.17) is 14.2 Å². The number of carbonyl (C=O) groups is 2. The minimum atomic E-state index is -0.552. The number of rotatable bonds is 8. The highest BCUT2D eigenvalue weighted by Gasteiger charge is 2.13. The summed E-state index contributed by atoms with van der Waals surface area (Å²) in [5.41, 5.74) is 0.971. The number of ether oxygens (including phenoxy) is 3. The predicted molar refractivity (Wildman–Crippen MR) is 103 cm³/mol. The number of amides is 2. The monoisotopic (exact) mass is 372 g/mol. The van der Waals surface area contributed by atoms with Crippen LogP contribution in [0, 0.1) is 0 Å². The van der Waals surface area contributed by atoms with E-state index in [0.29, 0.717) is 30.2 Å². The van der Waals surface area contributed by atoms with Crippen molar-refractivity contribution in [2.45, 2.75) is 6.92 Å². The Kier molecular flexibility index (Phi) is 7.49. The molecule has 0 aliphatic carbocycles. The normalized spacial score (nSPS) is 10.0. The SMILES string of the molecule is CCOC(=O)Nc1cccc(C(=O)N(C)CCOc2ccc(OC)cc2)c1. The van der Waals surface area contributed by atoms with Crippen molar-refractivity contribution in [3.8, 4) is 11.5 Å². The summed E-state index contributed by atoms with van der Waals surface area (Å²) in [6.07, 6.45) is -0.552. The van der Waals surface area contributed by atoms with Crippen LogP contribution in [0.3, 0.4) is 0 Å². The summed E-state index contributed by atoms with van der Waals surface area (Å²) in [6, 6.07) is 13.9. The maximum absolute atomic E-state index is 12.5. The fraction of sp³-hybridized carbons (Fsp3) is 0.300. The molecule has 7 nitrogen and oxygen atoms in total. The van der Waals surface area contributed by atoms with Crippen molar-refractivity contribution < 1.29 is 23.8 Å². The Bertz CT molecular complexity index is 761. The fourth-order valence-electron chi connectivity index (χ4n) is 2.31. The van der Waals surface area contributed by atoms with Crippen LogP contribution in [-0.2, 0) is 4.74 Å². The van der Waals surface area contributed by atoms with Crippen LogP contribution in [-0.4, -0.2) is 50.8 Å². The molecule has 0 atom stereocenters. The molecule has 2 aromatic carbocycles. The molecule has 2 aromatic rings. The summed E-state index contributed by atoms with van der Waals surface area (Å²) >= 11 is 0. The molecule has 0 aliphatic rings. The Hall–Kier alpha value is -3.22. The van der Waals surface area contributed by atoms with Crippen LogP contribution in [0.25, 0.3) is 0 Å². The van der Waals surface area contributed by atoms with Crippen LogP contribution >= 0.6 is 0 Å². The molecule has 7 heteroatoms. The van der Waals surface area contributed by atoms with E-state index < -0.39 is 6.09 Å². The highest BCUT2D eigenvalue weighted by atomic mass is 16.5. The number of carbonyl (C=O) groups excluding carboxylic acids is 2. The van der Waals surface area contributed by atoms with Crippen molar-refractivity contribution in [1.29, 1.82) is 0 Å². The van der Waals surface area contributed by atoms with Crippen molar-refractivity contribution in [3.63, 3.8) is 0 Å². The van der Waals surface area contributed by atoms with Gasteiger partial charge >= 0.3 is 6.09 Å². The minimum Gasteiger partial charge on any atom is -0.497 e. The van der Waals surface area contributed by atoms with Crippen LogP contribution in [0.15, 0.2) is 48.5 Å². The molecule has 0 aromatic heterocycles. The van der Waals surface area contributed by atoms with Crippen LogP contribution in [0.2, 0.25) is 0 Å². The molecule has 0 fully saturated rings. The van der Waals surface area contributed by atoms with Gasteiger partial charge < -0.3 is 19.1 Å². The molecule has 0 heterocycles. The highest BCUT2D eigenvalue weighted by Crippen LogP contribution is 2.17. The van der Waals surface area contributed by atoms with E-state index in [0.717, 1.165) is 5.75 Å². The van der Waals surface area contributed by atoms with E-state index in [1.54, 1.807) is 50.2 Å². The third-order valence-corrected chi connectivity index (χ3v) is 3.73. The van der Waals surface area contributed by atoms with Crippen LogP contribution in [0.1, 0.15) is 17.3 Å². The minimum absolute atomic E-state index is 0.166. The number of likely N-dealkylation sites (N-methyl/N-ethyl adjacent to an activating group) is 1. The summed E-state index contributed by atoms with van der Waals surface area (Å²) in [5.74, 6) is 1.30. The number of nitrogens with zero attached hydrogens (tertiary/aromatic N) is 1. The first-order valence-corrected chi connectivity index (χ1v) is 8.59. The molecule has 0 bridgehead atoms. The standard InChI is InChI=1S/C20H24N2O5/c1-4-26-20(24)21-16-7-5-6-15(14-16)19(23)22(2)12-13-27-18-10-8-17(25-3)9-11-18/h5-11,14H,4,12-13H2,1-3H3,(H,21,24). The first kappa shape index (κ1) is 20.1. The van der Waals surface area contributed by atoms with E-state index in [9.17, 15) is 9.59 Å².